The number of nitrogens with one attached hydrogen (secondary N) is 1. The minimum atomic E-state index is -0.117. The van der Waals surface area contributed by atoms with Gasteiger partial charge in [-0.25, -0.2) is 0 Å². The Labute approximate surface area is 172 Å². The summed E-state index contributed by atoms with van der Waals surface area (Å²) in [5.41, 5.74) is 3.52. The summed E-state index contributed by atoms with van der Waals surface area (Å²) in [5, 5.41) is 2.94. The SMILES string of the molecule is CC1CCCN(Cc2ccc(C(=O)Nc3ccc(N4CCCC4=O)cc3)cc2)C1. The lowest BCUT2D eigenvalue weighted by molar-refractivity contribution is -0.117. The normalized spacial score (nSPS) is 20.1. The molecular weight excluding hydrogens is 362 g/mol. The average Bonchev–Trinajstić information content (AvgIpc) is 3.15. The fraction of sp³-hybridized carbons (Fsp3) is 0.417. The zero-order chi connectivity index (χ0) is 20.2. The maximum absolute atomic E-state index is 12.6. The second kappa shape index (κ2) is 8.78. The molecule has 152 valence electrons. The molecule has 1 atom stereocenters. The van der Waals surface area contributed by atoms with Crippen LogP contribution >= 0.6 is 0 Å². The van der Waals surface area contributed by atoms with Gasteiger partial charge in [-0.2, -0.15) is 0 Å². The molecule has 5 nitrogen and oxygen atoms in total. The van der Waals surface area contributed by atoms with Gasteiger partial charge in [0.1, 0.15) is 0 Å². The number of likely N-dealkylation sites (tertiary alicyclic amines) is 1. The van der Waals surface area contributed by atoms with E-state index >= 15 is 0 Å². The van der Waals surface area contributed by atoms with Crippen molar-refractivity contribution in [2.24, 2.45) is 5.92 Å². The number of benzene rings is 2. The second-order valence-corrected chi connectivity index (χ2v) is 8.33. The van der Waals surface area contributed by atoms with Gasteiger partial charge >= 0.3 is 0 Å². The van der Waals surface area contributed by atoms with Gasteiger partial charge in [0.2, 0.25) is 5.91 Å². The highest BCUT2D eigenvalue weighted by Gasteiger charge is 2.21. The minimum Gasteiger partial charge on any atom is -0.322 e. The van der Waals surface area contributed by atoms with Gasteiger partial charge in [0.05, 0.1) is 0 Å². The van der Waals surface area contributed by atoms with Gasteiger partial charge in [0, 0.05) is 43.0 Å². The Morgan fingerprint density at radius 3 is 2.45 bits per heavy atom. The first-order valence-corrected chi connectivity index (χ1v) is 10.6. The third-order valence-corrected chi connectivity index (χ3v) is 5.87. The summed E-state index contributed by atoms with van der Waals surface area (Å²) in [4.78, 5) is 28.7. The lowest BCUT2D eigenvalue weighted by Gasteiger charge is -2.30. The molecule has 1 unspecified atom stereocenters. The number of hydrogen-bond donors (Lipinski definition) is 1. The quantitative estimate of drug-likeness (QED) is 0.827. The molecule has 0 bridgehead atoms. The van der Waals surface area contributed by atoms with Crippen molar-refractivity contribution in [3.8, 4) is 0 Å². The molecule has 2 amide bonds. The summed E-state index contributed by atoms with van der Waals surface area (Å²) in [5.74, 6) is 0.817. The average molecular weight is 392 g/mol. The Kier molecular flexibility index (Phi) is 5.95. The zero-order valence-electron chi connectivity index (χ0n) is 17.1. The molecule has 0 aromatic heterocycles. The molecule has 0 saturated carbocycles. The second-order valence-electron chi connectivity index (χ2n) is 8.33. The first-order chi connectivity index (χ1) is 14.1. The van der Waals surface area contributed by atoms with E-state index in [2.05, 4.69) is 29.3 Å². The van der Waals surface area contributed by atoms with E-state index < -0.39 is 0 Å². The van der Waals surface area contributed by atoms with Crippen molar-refractivity contribution >= 4 is 23.2 Å². The highest BCUT2D eigenvalue weighted by atomic mass is 16.2. The third-order valence-electron chi connectivity index (χ3n) is 5.87. The van der Waals surface area contributed by atoms with Crippen LogP contribution in [0.3, 0.4) is 0 Å². The maximum Gasteiger partial charge on any atom is 0.255 e. The smallest absolute Gasteiger partial charge is 0.255 e. The van der Waals surface area contributed by atoms with E-state index in [0.29, 0.717) is 12.0 Å². The zero-order valence-corrected chi connectivity index (χ0v) is 17.1. The van der Waals surface area contributed by atoms with Gasteiger partial charge < -0.3 is 10.2 Å². The number of carbonyl (C=O) groups is 2. The Hall–Kier alpha value is -2.66. The molecular formula is C24H29N3O2. The molecule has 0 radical (unpaired) electrons. The molecule has 2 aromatic rings. The number of carbonyl (C=O) groups excluding carboxylic acids is 2. The molecule has 29 heavy (non-hydrogen) atoms. The van der Waals surface area contributed by atoms with Gasteiger partial charge in [-0.1, -0.05) is 19.1 Å². The van der Waals surface area contributed by atoms with Gasteiger partial charge in [-0.15, -0.1) is 0 Å². The highest BCUT2D eigenvalue weighted by Crippen LogP contribution is 2.23. The van der Waals surface area contributed by atoms with Crippen LogP contribution in [-0.2, 0) is 11.3 Å². The number of amides is 2. The van der Waals surface area contributed by atoms with Crippen LogP contribution in [0.2, 0.25) is 0 Å². The summed E-state index contributed by atoms with van der Waals surface area (Å²) in [6.45, 7) is 6.35. The maximum atomic E-state index is 12.6. The van der Waals surface area contributed by atoms with E-state index in [0.717, 1.165) is 49.9 Å². The van der Waals surface area contributed by atoms with Crippen LogP contribution in [0.5, 0.6) is 0 Å². The number of nitrogens with zero attached hydrogens (tertiary/aromatic N) is 2. The summed E-state index contributed by atoms with van der Waals surface area (Å²) in [6, 6.07) is 15.4. The number of anilines is 2. The molecule has 2 saturated heterocycles. The van der Waals surface area contributed by atoms with Crippen LogP contribution in [0.15, 0.2) is 48.5 Å². The van der Waals surface area contributed by atoms with Crippen molar-refractivity contribution in [3.05, 3.63) is 59.7 Å². The number of rotatable bonds is 5. The standard InChI is InChI=1S/C24H29N3O2/c1-18-4-2-14-26(16-18)17-19-6-8-20(9-7-19)24(29)25-21-10-12-22(13-11-21)27-15-3-5-23(27)28/h6-13,18H,2-5,14-17H2,1H3,(H,25,29). The van der Waals surface area contributed by atoms with Crippen LogP contribution in [0.4, 0.5) is 11.4 Å². The van der Waals surface area contributed by atoms with Gasteiger partial charge in [-0.3, -0.25) is 14.5 Å². The van der Waals surface area contributed by atoms with Crippen LogP contribution in [0.25, 0.3) is 0 Å². The van der Waals surface area contributed by atoms with Crippen LogP contribution in [-0.4, -0.2) is 36.3 Å². The molecule has 1 N–H and O–H groups in total. The Morgan fingerprint density at radius 1 is 1.03 bits per heavy atom. The molecule has 4 rings (SSSR count). The van der Waals surface area contributed by atoms with Crippen molar-refractivity contribution in [1.82, 2.24) is 4.90 Å². The Balaban J connectivity index is 1.34. The van der Waals surface area contributed by atoms with Crippen LogP contribution in [0, 0.1) is 5.92 Å². The van der Waals surface area contributed by atoms with E-state index in [9.17, 15) is 9.59 Å². The third kappa shape index (κ3) is 4.85. The fourth-order valence-electron chi connectivity index (χ4n) is 4.30. The largest absolute Gasteiger partial charge is 0.322 e. The topological polar surface area (TPSA) is 52.7 Å². The van der Waals surface area contributed by atoms with Crippen LogP contribution < -0.4 is 10.2 Å². The summed E-state index contributed by atoms with van der Waals surface area (Å²) >= 11 is 0. The van der Waals surface area contributed by atoms with Crippen molar-refractivity contribution in [2.45, 2.75) is 39.2 Å². The van der Waals surface area contributed by atoms with Crippen LogP contribution in [0.1, 0.15) is 48.5 Å². The predicted octanol–water partition coefficient (Wildman–Crippen LogP) is 4.30. The molecule has 0 spiro atoms. The molecule has 2 heterocycles. The van der Waals surface area contributed by atoms with Crippen molar-refractivity contribution in [3.63, 3.8) is 0 Å². The molecule has 2 aromatic carbocycles. The van der Waals surface area contributed by atoms with Gasteiger partial charge in [0.15, 0.2) is 0 Å². The molecule has 2 aliphatic rings. The molecule has 5 heteroatoms. The number of piperidine rings is 1. The van der Waals surface area contributed by atoms with Crippen molar-refractivity contribution in [1.29, 1.82) is 0 Å². The lowest BCUT2D eigenvalue weighted by atomic mass is 9.99. The molecule has 2 aliphatic heterocycles. The van der Waals surface area contributed by atoms with E-state index in [-0.39, 0.29) is 11.8 Å². The molecule has 2 fully saturated rings. The predicted molar refractivity (Wildman–Crippen MR) is 116 cm³/mol. The highest BCUT2D eigenvalue weighted by molar-refractivity contribution is 6.04. The Morgan fingerprint density at radius 2 is 1.79 bits per heavy atom. The van der Waals surface area contributed by atoms with E-state index in [1.54, 1.807) is 4.90 Å². The van der Waals surface area contributed by atoms with E-state index in [1.807, 2.05) is 36.4 Å². The molecule has 0 aliphatic carbocycles. The fourth-order valence-corrected chi connectivity index (χ4v) is 4.30. The Bertz CT molecular complexity index is 861. The van der Waals surface area contributed by atoms with E-state index in [4.69, 9.17) is 0 Å². The first kappa shape index (κ1) is 19.6. The van der Waals surface area contributed by atoms with Gasteiger partial charge in [-0.05, 0) is 73.7 Å². The summed E-state index contributed by atoms with van der Waals surface area (Å²) in [7, 11) is 0. The summed E-state index contributed by atoms with van der Waals surface area (Å²) in [6.07, 6.45) is 4.12. The monoisotopic (exact) mass is 391 g/mol. The lowest BCUT2D eigenvalue weighted by Crippen LogP contribution is -2.33. The first-order valence-electron chi connectivity index (χ1n) is 10.6. The number of hydrogen-bond acceptors (Lipinski definition) is 3. The minimum absolute atomic E-state index is 0.117. The van der Waals surface area contributed by atoms with Crippen molar-refractivity contribution < 1.29 is 9.59 Å². The van der Waals surface area contributed by atoms with E-state index in [1.165, 1.54) is 18.4 Å². The van der Waals surface area contributed by atoms with Gasteiger partial charge in [0.25, 0.3) is 5.91 Å². The van der Waals surface area contributed by atoms with Crippen molar-refractivity contribution in [2.75, 3.05) is 29.9 Å². The summed E-state index contributed by atoms with van der Waals surface area (Å²) < 4.78 is 0.